The lowest BCUT2D eigenvalue weighted by molar-refractivity contribution is -0.105. The van der Waals surface area contributed by atoms with Gasteiger partial charge in [0.25, 0.3) is 0 Å². The summed E-state index contributed by atoms with van der Waals surface area (Å²) in [5, 5.41) is 0. The highest BCUT2D eigenvalue weighted by Gasteiger charge is 2.14. The van der Waals surface area contributed by atoms with Crippen LogP contribution in [0.15, 0.2) is 36.0 Å². The summed E-state index contributed by atoms with van der Waals surface area (Å²) in [4.78, 5) is 12.6. The van der Waals surface area contributed by atoms with E-state index in [1.165, 1.54) is 5.56 Å². The van der Waals surface area contributed by atoms with Crippen molar-refractivity contribution in [3.05, 3.63) is 41.6 Å². The molecule has 0 bridgehead atoms. The van der Waals surface area contributed by atoms with E-state index in [0.29, 0.717) is 0 Å². The SMILES string of the molecule is CN1C(C=O)=CCc2ccccc21. The maximum Gasteiger partial charge on any atom is 0.166 e. The number of carbonyl (C=O) groups is 1. The van der Waals surface area contributed by atoms with Crippen molar-refractivity contribution in [2.75, 3.05) is 11.9 Å². The Morgan fingerprint density at radius 1 is 1.38 bits per heavy atom. The van der Waals surface area contributed by atoms with Crippen LogP contribution in [0.2, 0.25) is 0 Å². The summed E-state index contributed by atoms with van der Waals surface area (Å²) in [6, 6.07) is 8.13. The molecule has 0 unspecified atom stereocenters. The number of aldehydes is 1. The normalized spacial score (nSPS) is 14.8. The molecule has 2 nitrogen and oxygen atoms in total. The number of allylic oxidation sites excluding steroid dienone is 2. The number of hydrogen-bond acceptors (Lipinski definition) is 2. The number of likely N-dealkylation sites (N-methyl/N-ethyl adjacent to an activating group) is 1. The fourth-order valence-electron chi connectivity index (χ4n) is 1.63. The van der Waals surface area contributed by atoms with Gasteiger partial charge in [0.15, 0.2) is 6.29 Å². The van der Waals surface area contributed by atoms with Crippen LogP contribution in [0.1, 0.15) is 5.56 Å². The zero-order chi connectivity index (χ0) is 9.26. The average Bonchev–Trinajstić information content (AvgIpc) is 2.19. The first-order valence-electron chi connectivity index (χ1n) is 4.30. The second-order valence-electron chi connectivity index (χ2n) is 3.14. The predicted molar refractivity (Wildman–Crippen MR) is 52.7 cm³/mol. The Labute approximate surface area is 77.5 Å². The van der Waals surface area contributed by atoms with Gasteiger partial charge >= 0.3 is 0 Å². The third-order valence-electron chi connectivity index (χ3n) is 2.39. The Hall–Kier alpha value is -1.57. The zero-order valence-electron chi connectivity index (χ0n) is 7.53. The van der Waals surface area contributed by atoms with E-state index < -0.39 is 0 Å². The molecule has 1 aliphatic rings. The Balaban J connectivity index is 2.46. The molecule has 1 aromatic carbocycles. The van der Waals surface area contributed by atoms with Gasteiger partial charge in [-0.15, -0.1) is 0 Å². The van der Waals surface area contributed by atoms with Crippen molar-refractivity contribution >= 4 is 12.0 Å². The quantitative estimate of drug-likeness (QED) is 0.603. The summed E-state index contributed by atoms with van der Waals surface area (Å²) in [5.41, 5.74) is 3.15. The van der Waals surface area contributed by atoms with Gasteiger partial charge in [-0.1, -0.05) is 24.3 Å². The maximum atomic E-state index is 10.7. The van der Waals surface area contributed by atoms with Crippen molar-refractivity contribution in [1.82, 2.24) is 0 Å². The molecule has 0 amide bonds. The molecule has 0 radical (unpaired) electrons. The molecule has 0 saturated heterocycles. The minimum absolute atomic E-state index is 0.749. The van der Waals surface area contributed by atoms with E-state index in [1.54, 1.807) is 0 Å². The summed E-state index contributed by atoms with van der Waals surface area (Å²) in [6.07, 6.45) is 3.71. The minimum atomic E-state index is 0.749. The smallest absolute Gasteiger partial charge is 0.166 e. The van der Waals surface area contributed by atoms with E-state index in [-0.39, 0.29) is 0 Å². The van der Waals surface area contributed by atoms with Crippen LogP contribution in [0.5, 0.6) is 0 Å². The van der Waals surface area contributed by atoms with Crippen molar-refractivity contribution in [1.29, 1.82) is 0 Å². The highest BCUT2D eigenvalue weighted by atomic mass is 16.1. The fourth-order valence-corrected chi connectivity index (χ4v) is 1.63. The fraction of sp³-hybridized carbons (Fsp3) is 0.182. The van der Waals surface area contributed by atoms with Crippen molar-refractivity contribution in [3.63, 3.8) is 0 Å². The number of hydrogen-bond donors (Lipinski definition) is 0. The van der Waals surface area contributed by atoms with E-state index in [9.17, 15) is 4.79 Å². The van der Waals surface area contributed by atoms with E-state index in [0.717, 1.165) is 24.1 Å². The molecule has 66 valence electrons. The third kappa shape index (κ3) is 1.24. The number of benzene rings is 1. The largest absolute Gasteiger partial charge is 0.342 e. The molecule has 0 saturated carbocycles. The highest BCUT2D eigenvalue weighted by Crippen LogP contribution is 2.26. The van der Waals surface area contributed by atoms with Crippen LogP contribution in [0.25, 0.3) is 0 Å². The van der Waals surface area contributed by atoms with Crippen LogP contribution >= 0.6 is 0 Å². The second-order valence-corrected chi connectivity index (χ2v) is 3.14. The van der Waals surface area contributed by atoms with Gasteiger partial charge < -0.3 is 4.90 Å². The number of rotatable bonds is 1. The molecular formula is C11H11NO. The molecule has 0 aromatic heterocycles. The van der Waals surface area contributed by atoms with Crippen molar-refractivity contribution in [3.8, 4) is 0 Å². The van der Waals surface area contributed by atoms with Crippen LogP contribution in [-0.4, -0.2) is 13.3 Å². The molecule has 1 aliphatic heterocycles. The number of anilines is 1. The van der Waals surface area contributed by atoms with Crippen LogP contribution in [0, 0.1) is 0 Å². The van der Waals surface area contributed by atoms with Gasteiger partial charge in [0.1, 0.15) is 0 Å². The lowest BCUT2D eigenvalue weighted by atomic mass is 10.0. The van der Waals surface area contributed by atoms with Crippen LogP contribution < -0.4 is 4.90 Å². The van der Waals surface area contributed by atoms with Crippen LogP contribution in [0.4, 0.5) is 5.69 Å². The molecule has 2 rings (SSSR count). The number of fused-ring (bicyclic) bond motifs is 1. The third-order valence-corrected chi connectivity index (χ3v) is 2.39. The van der Waals surface area contributed by atoms with Gasteiger partial charge in [-0.25, -0.2) is 0 Å². The molecule has 1 heterocycles. The number of nitrogens with zero attached hydrogens (tertiary/aromatic N) is 1. The molecule has 2 heteroatoms. The molecule has 0 atom stereocenters. The Kier molecular flexibility index (Phi) is 1.89. The molecule has 0 N–H and O–H groups in total. The molecule has 0 fully saturated rings. The van der Waals surface area contributed by atoms with Gasteiger partial charge in [0, 0.05) is 12.7 Å². The standard InChI is InChI=1S/C11H11NO/c1-12-10(8-13)7-6-9-4-2-3-5-11(9)12/h2-5,7-8H,6H2,1H3. The first-order chi connectivity index (χ1) is 6.33. The lowest BCUT2D eigenvalue weighted by Gasteiger charge is -2.25. The summed E-state index contributed by atoms with van der Waals surface area (Å²) in [7, 11) is 1.91. The molecule has 1 aromatic rings. The number of para-hydroxylation sites is 1. The van der Waals surface area contributed by atoms with E-state index in [2.05, 4.69) is 6.07 Å². The number of carbonyl (C=O) groups excluding carboxylic acids is 1. The lowest BCUT2D eigenvalue weighted by Crippen LogP contribution is -2.22. The van der Waals surface area contributed by atoms with Crippen molar-refractivity contribution < 1.29 is 4.79 Å². The van der Waals surface area contributed by atoms with Gasteiger partial charge in [-0.2, -0.15) is 0 Å². The van der Waals surface area contributed by atoms with Gasteiger partial charge in [0.05, 0.1) is 5.70 Å². The van der Waals surface area contributed by atoms with Crippen LogP contribution in [-0.2, 0) is 11.2 Å². The minimum Gasteiger partial charge on any atom is -0.342 e. The second kappa shape index (κ2) is 3.05. The topological polar surface area (TPSA) is 20.3 Å². The molecular weight excluding hydrogens is 162 g/mol. The van der Waals surface area contributed by atoms with Crippen molar-refractivity contribution in [2.45, 2.75) is 6.42 Å². The molecule has 0 aliphatic carbocycles. The van der Waals surface area contributed by atoms with Gasteiger partial charge in [-0.3, -0.25) is 4.79 Å². The van der Waals surface area contributed by atoms with Gasteiger partial charge in [0.2, 0.25) is 0 Å². The van der Waals surface area contributed by atoms with Crippen LogP contribution in [0.3, 0.4) is 0 Å². The molecule has 0 spiro atoms. The molecule has 13 heavy (non-hydrogen) atoms. The first kappa shape index (κ1) is 8.05. The average molecular weight is 173 g/mol. The first-order valence-corrected chi connectivity index (χ1v) is 4.30. The zero-order valence-corrected chi connectivity index (χ0v) is 7.53. The summed E-state index contributed by atoms with van der Waals surface area (Å²) in [6.45, 7) is 0. The van der Waals surface area contributed by atoms with Gasteiger partial charge in [-0.05, 0) is 18.1 Å². The summed E-state index contributed by atoms with van der Waals surface area (Å²) < 4.78 is 0. The summed E-state index contributed by atoms with van der Waals surface area (Å²) >= 11 is 0. The maximum absolute atomic E-state index is 10.7. The summed E-state index contributed by atoms with van der Waals surface area (Å²) in [5.74, 6) is 0. The van der Waals surface area contributed by atoms with E-state index in [4.69, 9.17) is 0 Å². The highest BCUT2D eigenvalue weighted by molar-refractivity contribution is 5.82. The predicted octanol–water partition coefficient (Wildman–Crippen LogP) is 1.76. The Morgan fingerprint density at radius 2 is 2.15 bits per heavy atom. The Morgan fingerprint density at radius 3 is 2.92 bits per heavy atom. The Bertz CT molecular complexity index is 368. The van der Waals surface area contributed by atoms with Crippen molar-refractivity contribution in [2.24, 2.45) is 0 Å². The van der Waals surface area contributed by atoms with E-state index in [1.807, 2.05) is 36.2 Å². The monoisotopic (exact) mass is 173 g/mol. The van der Waals surface area contributed by atoms with E-state index >= 15 is 0 Å².